The van der Waals surface area contributed by atoms with Crippen molar-refractivity contribution >= 4 is 11.8 Å². The van der Waals surface area contributed by atoms with Crippen LogP contribution in [0.5, 0.6) is 0 Å². The van der Waals surface area contributed by atoms with Crippen molar-refractivity contribution in [3.63, 3.8) is 0 Å². The van der Waals surface area contributed by atoms with Crippen LogP contribution < -0.4 is 10.6 Å². The second-order valence-corrected chi connectivity index (χ2v) is 6.86. The number of fused-ring (bicyclic) bond motifs is 1. The van der Waals surface area contributed by atoms with Crippen LogP contribution in [0.4, 0.5) is 0 Å². The summed E-state index contributed by atoms with van der Waals surface area (Å²) in [7, 11) is 1.66. The van der Waals surface area contributed by atoms with Gasteiger partial charge in [0.25, 0.3) is 11.8 Å². The molecule has 1 atom stereocenters. The molecule has 0 saturated heterocycles. The molecule has 1 aliphatic rings. The van der Waals surface area contributed by atoms with Crippen LogP contribution in [0.2, 0.25) is 0 Å². The summed E-state index contributed by atoms with van der Waals surface area (Å²) in [5, 5.41) is 19.2. The number of carbonyl (C=O) groups excluding carboxylic acids is 2. The molecule has 2 aromatic carbocycles. The molecular weight excluding hydrogens is 366 g/mol. The molecule has 1 aliphatic heterocycles. The maximum absolute atomic E-state index is 13.1. The molecule has 0 aliphatic carbocycles. The van der Waals surface area contributed by atoms with E-state index in [0.717, 1.165) is 11.1 Å². The predicted molar refractivity (Wildman–Crippen MR) is 106 cm³/mol. The zero-order chi connectivity index (χ0) is 20.4. The van der Waals surface area contributed by atoms with Gasteiger partial charge in [0.15, 0.2) is 5.69 Å². The average molecular weight is 385 g/mol. The van der Waals surface area contributed by atoms with E-state index >= 15 is 0 Å². The summed E-state index contributed by atoms with van der Waals surface area (Å²) >= 11 is 0. The number of benzene rings is 2. The number of rotatable bonds is 4. The van der Waals surface area contributed by atoms with Crippen molar-refractivity contribution in [2.75, 3.05) is 6.54 Å². The molecule has 1 aromatic heterocycles. The molecule has 7 nitrogen and oxygen atoms in total. The van der Waals surface area contributed by atoms with Crippen LogP contribution in [0.25, 0.3) is 0 Å². The maximum atomic E-state index is 13.1. The highest BCUT2D eigenvalue weighted by atomic mass is 16.2. The number of nitrogens with one attached hydrogen (secondary N) is 2. The summed E-state index contributed by atoms with van der Waals surface area (Å²) < 4.78 is 1.46. The molecule has 144 valence electrons. The van der Waals surface area contributed by atoms with E-state index in [0.29, 0.717) is 29.8 Å². The third-order valence-corrected chi connectivity index (χ3v) is 5.02. The van der Waals surface area contributed by atoms with Crippen LogP contribution >= 0.6 is 0 Å². The molecule has 0 spiro atoms. The number of aryl methyl sites for hydroxylation is 1. The smallest absolute Gasteiger partial charge is 0.272 e. The highest BCUT2D eigenvalue weighted by Crippen LogP contribution is 2.24. The second-order valence-electron chi connectivity index (χ2n) is 6.86. The first-order chi connectivity index (χ1) is 14.1. The van der Waals surface area contributed by atoms with E-state index in [9.17, 15) is 9.59 Å². The molecule has 29 heavy (non-hydrogen) atoms. The third kappa shape index (κ3) is 3.48. The van der Waals surface area contributed by atoms with Gasteiger partial charge in [-0.2, -0.15) is 10.4 Å². The first kappa shape index (κ1) is 18.4. The van der Waals surface area contributed by atoms with Gasteiger partial charge in [-0.3, -0.25) is 14.3 Å². The van der Waals surface area contributed by atoms with Crippen LogP contribution in [0.3, 0.4) is 0 Å². The van der Waals surface area contributed by atoms with E-state index in [1.54, 1.807) is 19.2 Å². The average Bonchev–Trinajstić information content (AvgIpc) is 3.10. The van der Waals surface area contributed by atoms with E-state index in [-0.39, 0.29) is 17.5 Å². The van der Waals surface area contributed by atoms with Gasteiger partial charge in [-0.05, 0) is 29.7 Å². The molecule has 2 heterocycles. The zero-order valence-corrected chi connectivity index (χ0v) is 15.8. The van der Waals surface area contributed by atoms with E-state index in [4.69, 9.17) is 5.26 Å². The van der Waals surface area contributed by atoms with Crippen molar-refractivity contribution in [1.82, 2.24) is 20.4 Å². The van der Waals surface area contributed by atoms with Gasteiger partial charge in [-0.1, -0.05) is 42.5 Å². The fourth-order valence-electron chi connectivity index (χ4n) is 3.61. The molecule has 0 radical (unpaired) electrons. The molecule has 3 aromatic rings. The Morgan fingerprint density at radius 2 is 1.86 bits per heavy atom. The lowest BCUT2D eigenvalue weighted by molar-refractivity contribution is 0.0933. The number of amides is 2. The van der Waals surface area contributed by atoms with Gasteiger partial charge < -0.3 is 10.6 Å². The van der Waals surface area contributed by atoms with Crippen molar-refractivity contribution < 1.29 is 9.59 Å². The van der Waals surface area contributed by atoms with Gasteiger partial charge in [-0.15, -0.1) is 0 Å². The lowest BCUT2D eigenvalue weighted by atomic mass is 9.97. The van der Waals surface area contributed by atoms with E-state index in [1.807, 2.05) is 42.5 Å². The number of hydrogen-bond acceptors (Lipinski definition) is 4. The summed E-state index contributed by atoms with van der Waals surface area (Å²) in [4.78, 5) is 25.3. The normalized spacial score (nSPS) is 13.7. The summed E-state index contributed by atoms with van der Waals surface area (Å²) in [6.45, 7) is 0.482. The fourth-order valence-corrected chi connectivity index (χ4v) is 3.61. The van der Waals surface area contributed by atoms with Gasteiger partial charge in [0.05, 0.1) is 17.7 Å². The molecule has 7 heteroatoms. The number of carbonyl (C=O) groups is 2. The van der Waals surface area contributed by atoms with Crippen LogP contribution in [0, 0.1) is 11.3 Å². The van der Waals surface area contributed by atoms with Crippen molar-refractivity contribution in [2.45, 2.75) is 12.5 Å². The quantitative estimate of drug-likeness (QED) is 0.718. The van der Waals surface area contributed by atoms with Crippen molar-refractivity contribution in [2.24, 2.45) is 7.05 Å². The lowest BCUT2D eigenvalue weighted by Crippen LogP contribution is -2.34. The van der Waals surface area contributed by atoms with Gasteiger partial charge in [0, 0.05) is 19.2 Å². The molecule has 0 fully saturated rings. The summed E-state index contributed by atoms with van der Waals surface area (Å²) in [6, 6.07) is 18.4. The number of aromatic nitrogens is 2. The molecular formula is C22H19N5O2. The SMILES string of the molecule is Cn1nc(C(=O)NC(c2ccccc2)c2ccc(C#N)cc2)c2c1C(=O)NCC2. The monoisotopic (exact) mass is 385 g/mol. The molecule has 0 bridgehead atoms. The van der Waals surface area contributed by atoms with Crippen LogP contribution in [0.15, 0.2) is 54.6 Å². The molecule has 4 rings (SSSR count). The van der Waals surface area contributed by atoms with Gasteiger partial charge in [-0.25, -0.2) is 0 Å². The van der Waals surface area contributed by atoms with Crippen LogP contribution in [0.1, 0.15) is 49.3 Å². The van der Waals surface area contributed by atoms with E-state index in [2.05, 4.69) is 21.8 Å². The van der Waals surface area contributed by atoms with Gasteiger partial charge in [0.1, 0.15) is 5.69 Å². The Labute approximate surface area is 168 Å². The van der Waals surface area contributed by atoms with E-state index in [1.165, 1.54) is 4.68 Å². The Bertz CT molecular complexity index is 1110. The highest BCUT2D eigenvalue weighted by Gasteiger charge is 2.29. The number of nitriles is 1. The standard InChI is InChI=1S/C22H19N5O2/c1-27-20-17(11-12-24-22(20)29)19(26-27)21(28)25-18(15-5-3-2-4-6-15)16-9-7-14(13-23)8-10-16/h2-10,18H,11-12H2,1H3,(H,24,29)(H,25,28). The number of hydrogen-bond donors (Lipinski definition) is 2. The minimum Gasteiger partial charge on any atom is -0.350 e. The maximum Gasteiger partial charge on any atom is 0.272 e. The Morgan fingerprint density at radius 1 is 1.17 bits per heavy atom. The molecule has 1 unspecified atom stereocenters. The summed E-state index contributed by atoms with van der Waals surface area (Å²) in [5.74, 6) is -0.554. The molecule has 2 amide bonds. The Kier molecular flexibility index (Phi) is 4.83. The topological polar surface area (TPSA) is 99.8 Å². The minimum atomic E-state index is -0.411. The lowest BCUT2D eigenvalue weighted by Gasteiger charge is -2.20. The summed E-state index contributed by atoms with van der Waals surface area (Å²) in [5.41, 5.74) is 3.68. The van der Waals surface area contributed by atoms with Crippen LogP contribution in [-0.4, -0.2) is 28.1 Å². The van der Waals surface area contributed by atoms with Crippen molar-refractivity contribution in [1.29, 1.82) is 5.26 Å². The van der Waals surface area contributed by atoms with Gasteiger partial charge >= 0.3 is 0 Å². The number of nitrogens with zero attached hydrogens (tertiary/aromatic N) is 3. The first-order valence-electron chi connectivity index (χ1n) is 9.28. The predicted octanol–water partition coefficient (Wildman–Crippen LogP) is 2.10. The van der Waals surface area contributed by atoms with Crippen molar-refractivity contribution in [3.8, 4) is 6.07 Å². The second kappa shape index (κ2) is 7.60. The Morgan fingerprint density at radius 3 is 2.55 bits per heavy atom. The Hall–Kier alpha value is -3.92. The highest BCUT2D eigenvalue weighted by molar-refractivity contribution is 6.01. The molecule has 0 saturated carbocycles. The minimum absolute atomic E-state index is 0.216. The zero-order valence-electron chi connectivity index (χ0n) is 15.8. The van der Waals surface area contributed by atoms with Crippen molar-refractivity contribution in [3.05, 3.63) is 88.2 Å². The molecule has 2 N–H and O–H groups in total. The Balaban J connectivity index is 1.70. The van der Waals surface area contributed by atoms with Crippen LogP contribution in [-0.2, 0) is 13.5 Å². The fraction of sp³-hybridized carbons (Fsp3) is 0.182. The largest absolute Gasteiger partial charge is 0.350 e. The first-order valence-corrected chi connectivity index (χ1v) is 9.28. The van der Waals surface area contributed by atoms with Gasteiger partial charge in [0.2, 0.25) is 0 Å². The summed E-state index contributed by atoms with van der Waals surface area (Å²) in [6.07, 6.45) is 0.560. The third-order valence-electron chi connectivity index (χ3n) is 5.02. The van der Waals surface area contributed by atoms with E-state index < -0.39 is 6.04 Å².